The lowest BCUT2D eigenvalue weighted by Crippen LogP contribution is -2.54. The van der Waals surface area contributed by atoms with Crippen molar-refractivity contribution in [2.24, 2.45) is 0 Å². The van der Waals surface area contributed by atoms with E-state index in [4.69, 9.17) is 9.47 Å². The first-order chi connectivity index (χ1) is 16.3. The first-order valence-corrected chi connectivity index (χ1v) is 12.4. The molecular weight excluding hydrogens is 482 g/mol. The smallest absolute Gasteiger partial charge is 0.412 e. The molecule has 0 unspecified atom stereocenters. The Balaban J connectivity index is 1.71. The number of fused-ring (bicyclic) bond motifs is 1. The van der Waals surface area contributed by atoms with Gasteiger partial charge in [-0.25, -0.2) is 18.7 Å². The Morgan fingerprint density at radius 1 is 1.09 bits per heavy atom. The first-order valence-electron chi connectivity index (χ1n) is 10.0. The lowest BCUT2D eigenvalue weighted by Gasteiger charge is -2.38. The number of benzene rings is 2. The standard InChI is InChI=1S/C22H21N3O7S2/c1-31-16-7-9-17(10-8-16)34(29,30)25-13-14-11-12-33-20(14)19(18(25)21(26)24-28)32-22(27)23-15-5-3-2-4-6-15/h2-12,18-19,28H,13H2,1H3,(H,23,27)(H,24,26)/t18-,19-/m1/s1. The Kier molecular flexibility index (Phi) is 6.84. The number of hydrogen-bond acceptors (Lipinski definition) is 8. The van der Waals surface area contributed by atoms with Crippen molar-refractivity contribution in [2.75, 3.05) is 12.4 Å². The maximum absolute atomic E-state index is 13.5. The van der Waals surface area contributed by atoms with Gasteiger partial charge in [0.05, 0.1) is 16.9 Å². The quantitative estimate of drug-likeness (QED) is 0.348. The molecule has 0 fully saturated rings. The molecule has 178 valence electrons. The number of thiophene rings is 1. The van der Waals surface area contributed by atoms with Crippen LogP contribution < -0.4 is 15.5 Å². The second kappa shape index (κ2) is 9.81. The number of carbonyl (C=O) groups excluding carboxylic acids is 2. The van der Waals surface area contributed by atoms with Crippen LogP contribution in [0, 0.1) is 0 Å². The molecule has 1 aliphatic heterocycles. The predicted octanol–water partition coefficient (Wildman–Crippen LogP) is 3.12. The third kappa shape index (κ3) is 4.61. The van der Waals surface area contributed by atoms with E-state index in [-0.39, 0.29) is 11.4 Å². The van der Waals surface area contributed by atoms with E-state index in [9.17, 15) is 23.2 Å². The number of methoxy groups -OCH3 is 1. The van der Waals surface area contributed by atoms with Crippen molar-refractivity contribution in [3.8, 4) is 5.75 Å². The number of anilines is 1. The lowest BCUT2D eigenvalue weighted by molar-refractivity contribution is -0.137. The molecule has 0 saturated heterocycles. The van der Waals surface area contributed by atoms with Crippen LogP contribution in [0.2, 0.25) is 0 Å². The van der Waals surface area contributed by atoms with Crippen LogP contribution in [0.25, 0.3) is 0 Å². The minimum Gasteiger partial charge on any atom is -0.497 e. The van der Waals surface area contributed by atoms with Gasteiger partial charge in [-0.3, -0.25) is 15.3 Å². The van der Waals surface area contributed by atoms with Gasteiger partial charge in [-0.15, -0.1) is 11.3 Å². The van der Waals surface area contributed by atoms with Crippen LogP contribution in [0.4, 0.5) is 10.5 Å². The molecule has 2 atom stereocenters. The highest BCUT2D eigenvalue weighted by Gasteiger charge is 2.48. The van der Waals surface area contributed by atoms with Crippen LogP contribution in [-0.2, 0) is 26.1 Å². The maximum Gasteiger partial charge on any atom is 0.412 e. The van der Waals surface area contributed by atoms with Crippen molar-refractivity contribution < 1.29 is 32.7 Å². The molecule has 3 aromatic rings. The van der Waals surface area contributed by atoms with E-state index in [1.54, 1.807) is 41.8 Å². The summed E-state index contributed by atoms with van der Waals surface area (Å²) in [5.74, 6) is -0.574. The van der Waals surface area contributed by atoms with Crippen molar-refractivity contribution in [2.45, 2.75) is 23.6 Å². The average Bonchev–Trinajstić information content (AvgIpc) is 3.33. The number of hydrogen-bond donors (Lipinski definition) is 3. The molecule has 10 nitrogen and oxygen atoms in total. The molecule has 0 spiro atoms. The minimum atomic E-state index is -4.24. The van der Waals surface area contributed by atoms with E-state index in [1.807, 2.05) is 0 Å². The molecule has 3 N–H and O–H groups in total. The van der Waals surface area contributed by atoms with Crippen molar-refractivity contribution >= 4 is 39.0 Å². The summed E-state index contributed by atoms with van der Waals surface area (Å²) >= 11 is 1.22. The van der Waals surface area contributed by atoms with Gasteiger partial charge < -0.3 is 9.47 Å². The number of para-hydroxylation sites is 1. The van der Waals surface area contributed by atoms with E-state index in [0.29, 0.717) is 21.9 Å². The summed E-state index contributed by atoms with van der Waals surface area (Å²) in [6.07, 6.45) is -2.18. The van der Waals surface area contributed by atoms with Crippen LogP contribution in [0.3, 0.4) is 0 Å². The summed E-state index contributed by atoms with van der Waals surface area (Å²) in [4.78, 5) is 25.8. The van der Waals surface area contributed by atoms with Gasteiger partial charge in [-0.05, 0) is 53.4 Å². The Morgan fingerprint density at radius 3 is 2.44 bits per heavy atom. The summed E-state index contributed by atoms with van der Waals surface area (Å²) < 4.78 is 38.7. The van der Waals surface area contributed by atoms with Crippen LogP contribution in [0.1, 0.15) is 16.5 Å². The normalized spacial score (nSPS) is 17.9. The van der Waals surface area contributed by atoms with Gasteiger partial charge in [0.1, 0.15) is 11.8 Å². The Morgan fingerprint density at radius 2 is 1.79 bits per heavy atom. The molecule has 1 aliphatic rings. The van der Waals surface area contributed by atoms with Crippen LogP contribution in [0.5, 0.6) is 5.75 Å². The van der Waals surface area contributed by atoms with Gasteiger partial charge in [-0.1, -0.05) is 18.2 Å². The van der Waals surface area contributed by atoms with Gasteiger partial charge in [0.2, 0.25) is 10.0 Å². The Bertz CT molecular complexity index is 1280. The number of ether oxygens (including phenoxy) is 2. The largest absolute Gasteiger partial charge is 0.497 e. The maximum atomic E-state index is 13.5. The lowest BCUT2D eigenvalue weighted by atomic mass is 10.0. The number of nitrogens with zero attached hydrogens (tertiary/aromatic N) is 1. The van der Waals surface area contributed by atoms with Gasteiger partial charge in [0.25, 0.3) is 5.91 Å². The molecule has 2 heterocycles. The number of carbonyl (C=O) groups is 2. The van der Waals surface area contributed by atoms with Crippen molar-refractivity contribution in [3.05, 3.63) is 76.5 Å². The highest BCUT2D eigenvalue weighted by molar-refractivity contribution is 7.89. The molecule has 2 amide bonds. The molecule has 1 aromatic heterocycles. The van der Waals surface area contributed by atoms with Crippen molar-refractivity contribution in [3.63, 3.8) is 0 Å². The number of sulfonamides is 1. The summed E-state index contributed by atoms with van der Waals surface area (Å²) in [6, 6.07) is 14.3. The van der Waals surface area contributed by atoms with E-state index in [0.717, 1.165) is 4.31 Å². The van der Waals surface area contributed by atoms with E-state index < -0.39 is 34.2 Å². The van der Waals surface area contributed by atoms with Crippen molar-refractivity contribution in [1.29, 1.82) is 0 Å². The summed E-state index contributed by atoms with van der Waals surface area (Å²) in [7, 11) is -2.79. The summed E-state index contributed by atoms with van der Waals surface area (Å²) in [6.45, 7) is -0.147. The molecular formula is C22H21N3O7S2. The molecule has 0 aliphatic carbocycles. The van der Waals surface area contributed by atoms with Gasteiger partial charge >= 0.3 is 6.09 Å². The second-order valence-corrected chi connectivity index (χ2v) is 10.1. The van der Waals surface area contributed by atoms with E-state index >= 15 is 0 Å². The van der Waals surface area contributed by atoms with E-state index in [2.05, 4.69) is 5.32 Å². The molecule has 0 bridgehead atoms. The topological polar surface area (TPSA) is 134 Å². The fourth-order valence-electron chi connectivity index (χ4n) is 3.64. The molecule has 12 heteroatoms. The molecule has 4 rings (SSSR count). The van der Waals surface area contributed by atoms with Crippen LogP contribution >= 0.6 is 11.3 Å². The Hall–Kier alpha value is -3.45. The summed E-state index contributed by atoms with van der Waals surface area (Å²) in [5, 5.41) is 13.7. The molecule has 0 saturated carbocycles. The summed E-state index contributed by atoms with van der Waals surface area (Å²) in [5.41, 5.74) is 2.55. The van der Waals surface area contributed by atoms with Crippen LogP contribution in [-0.4, -0.2) is 43.1 Å². The van der Waals surface area contributed by atoms with Crippen LogP contribution in [0.15, 0.2) is 70.9 Å². The fourth-order valence-corrected chi connectivity index (χ4v) is 6.18. The highest BCUT2D eigenvalue weighted by Crippen LogP contribution is 2.41. The first kappa shape index (κ1) is 23.7. The monoisotopic (exact) mass is 503 g/mol. The zero-order valence-corrected chi connectivity index (χ0v) is 19.5. The third-order valence-electron chi connectivity index (χ3n) is 5.26. The molecule has 34 heavy (non-hydrogen) atoms. The average molecular weight is 504 g/mol. The number of nitrogens with one attached hydrogen (secondary N) is 2. The SMILES string of the molecule is COc1ccc(S(=O)(=O)N2Cc3ccsc3[C@H](OC(=O)Nc3ccccc3)[C@@H]2C(=O)NO)cc1. The number of hydroxylamine groups is 1. The minimum absolute atomic E-state index is 0.0878. The predicted molar refractivity (Wildman–Crippen MR) is 123 cm³/mol. The van der Waals surface area contributed by atoms with Gasteiger partial charge in [0, 0.05) is 12.2 Å². The third-order valence-corrected chi connectivity index (χ3v) is 8.12. The zero-order valence-electron chi connectivity index (χ0n) is 17.9. The van der Waals surface area contributed by atoms with Gasteiger partial charge in [-0.2, -0.15) is 4.31 Å². The molecule has 2 aromatic carbocycles. The zero-order chi connectivity index (χ0) is 24.3. The molecule has 0 radical (unpaired) electrons. The van der Waals surface area contributed by atoms with E-state index in [1.165, 1.54) is 48.2 Å². The fraction of sp³-hybridized carbons (Fsp3) is 0.182. The van der Waals surface area contributed by atoms with Crippen molar-refractivity contribution in [1.82, 2.24) is 9.79 Å². The Labute approximate surface area is 199 Å². The second-order valence-electron chi connectivity index (χ2n) is 7.27. The highest BCUT2D eigenvalue weighted by atomic mass is 32.2. The van der Waals surface area contributed by atoms with Gasteiger partial charge in [0.15, 0.2) is 6.10 Å². The number of rotatable bonds is 6. The number of amides is 2.